The molecule has 0 unspecified atom stereocenters. The third kappa shape index (κ3) is 3.98. The molecule has 162 valence electrons. The molecule has 9 heteroatoms. The summed E-state index contributed by atoms with van der Waals surface area (Å²) in [6, 6.07) is 5.70. The molecule has 8 nitrogen and oxygen atoms in total. The van der Waals surface area contributed by atoms with E-state index in [2.05, 4.69) is 10.3 Å². The first kappa shape index (κ1) is 21.2. The van der Waals surface area contributed by atoms with Crippen molar-refractivity contribution >= 4 is 34.5 Å². The molecule has 31 heavy (non-hydrogen) atoms. The molecule has 2 aliphatic rings. The zero-order chi connectivity index (χ0) is 22.1. The van der Waals surface area contributed by atoms with E-state index in [0.717, 1.165) is 35.4 Å². The van der Waals surface area contributed by atoms with E-state index in [9.17, 15) is 14.4 Å². The Bertz CT molecular complexity index is 1070. The van der Waals surface area contributed by atoms with Gasteiger partial charge in [0.15, 0.2) is 10.8 Å². The normalized spacial score (nSPS) is 15.5. The van der Waals surface area contributed by atoms with Crippen LogP contribution < -0.4 is 15.0 Å². The van der Waals surface area contributed by atoms with Crippen LogP contribution in [0.15, 0.2) is 30.0 Å². The molecule has 4 rings (SSSR count). The van der Waals surface area contributed by atoms with Crippen LogP contribution >= 0.6 is 11.3 Å². The number of amides is 1. The zero-order valence-corrected chi connectivity index (χ0v) is 18.5. The van der Waals surface area contributed by atoms with Gasteiger partial charge in [0, 0.05) is 25.7 Å². The number of fused-ring (bicyclic) bond motifs is 2. The van der Waals surface area contributed by atoms with Crippen LogP contribution in [0.3, 0.4) is 0 Å². The molecule has 0 bridgehead atoms. The number of ketones is 2. The summed E-state index contributed by atoms with van der Waals surface area (Å²) in [4.78, 5) is 46.9. The average molecular weight is 441 g/mol. The molecular weight excluding hydrogens is 416 g/mol. The Morgan fingerprint density at radius 2 is 2.13 bits per heavy atom. The second-order valence-corrected chi connectivity index (χ2v) is 8.71. The van der Waals surface area contributed by atoms with E-state index in [-0.39, 0.29) is 38.7 Å². The summed E-state index contributed by atoms with van der Waals surface area (Å²) >= 11 is 0.974. The second kappa shape index (κ2) is 8.60. The number of hydrogen-bond donors (Lipinski definition) is 1. The van der Waals surface area contributed by atoms with Gasteiger partial charge in [-0.25, -0.2) is 4.98 Å². The summed E-state index contributed by atoms with van der Waals surface area (Å²) in [5, 5.41) is 3.14. The lowest BCUT2D eigenvalue weighted by molar-refractivity contribution is 0.0973. The SMILES string of the molecule is COc1cccc2c1N(C(=O)c1nc3c(s1)C(=O)C=C(NCCN(C)C)C3=O)CCC2. The molecule has 1 N–H and O–H groups in total. The van der Waals surface area contributed by atoms with Gasteiger partial charge in [-0.2, -0.15) is 0 Å². The van der Waals surface area contributed by atoms with Gasteiger partial charge in [0.05, 0.1) is 18.5 Å². The minimum atomic E-state index is -0.361. The van der Waals surface area contributed by atoms with Gasteiger partial charge in [-0.05, 0) is 38.6 Å². The number of benzene rings is 1. The Morgan fingerprint density at radius 1 is 1.32 bits per heavy atom. The van der Waals surface area contributed by atoms with Crippen LogP contribution in [0.4, 0.5) is 5.69 Å². The summed E-state index contributed by atoms with van der Waals surface area (Å²) in [5.41, 5.74) is 2.02. The van der Waals surface area contributed by atoms with Crippen molar-refractivity contribution in [3.63, 3.8) is 0 Å². The molecule has 1 aliphatic carbocycles. The number of anilines is 1. The highest BCUT2D eigenvalue weighted by Gasteiger charge is 2.34. The smallest absolute Gasteiger partial charge is 0.287 e. The van der Waals surface area contributed by atoms with Gasteiger partial charge in [-0.15, -0.1) is 11.3 Å². The maximum absolute atomic E-state index is 13.3. The number of nitrogens with zero attached hydrogens (tertiary/aromatic N) is 3. The van der Waals surface area contributed by atoms with E-state index in [0.29, 0.717) is 25.4 Å². The van der Waals surface area contributed by atoms with E-state index >= 15 is 0 Å². The number of carbonyl (C=O) groups excluding carboxylic acids is 3. The van der Waals surface area contributed by atoms with E-state index in [1.165, 1.54) is 6.08 Å². The molecule has 0 radical (unpaired) electrons. The third-order valence-corrected chi connectivity index (χ3v) is 6.35. The second-order valence-electron chi connectivity index (χ2n) is 7.71. The Hall–Kier alpha value is -3.04. The predicted molar refractivity (Wildman–Crippen MR) is 118 cm³/mol. The van der Waals surface area contributed by atoms with Gasteiger partial charge in [-0.1, -0.05) is 12.1 Å². The number of para-hydroxylation sites is 1. The Balaban J connectivity index is 1.61. The van der Waals surface area contributed by atoms with Crippen molar-refractivity contribution in [3.05, 3.63) is 51.1 Å². The van der Waals surface area contributed by atoms with E-state index in [4.69, 9.17) is 4.74 Å². The molecule has 0 saturated carbocycles. The number of allylic oxidation sites excluding steroid dienone is 2. The van der Waals surface area contributed by atoms with Crippen molar-refractivity contribution in [1.82, 2.24) is 15.2 Å². The number of aryl methyl sites for hydroxylation is 1. The third-order valence-electron chi connectivity index (χ3n) is 5.29. The number of likely N-dealkylation sites (N-methyl/N-ethyl adjacent to an activating group) is 1. The fourth-order valence-corrected chi connectivity index (χ4v) is 4.69. The van der Waals surface area contributed by atoms with Gasteiger partial charge in [-0.3, -0.25) is 14.4 Å². The summed E-state index contributed by atoms with van der Waals surface area (Å²) < 4.78 is 5.47. The molecule has 1 aromatic heterocycles. The van der Waals surface area contributed by atoms with Crippen LogP contribution in [0.25, 0.3) is 0 Å². The fourth-order valence-electron chi connectivity index (χ4n) is 3.77. The molecule has 2 heterocycles. The van der Waals surface area contributed by atoms with Crippen molar-refractivity contribution in [2.75, 3.05) is 45.7 Å². The molecule has 2 aromatic rings. The van der Waals surface area contributed by atoms with Crippen molar-refractivity contribution in [1.29, 1.82) is 0 Å². The maximum Gasteiger partial charge on any atom is 0.287 e. The first-order valence-corrected chi connectivity index (χ1v) is 10.9. The number of rotatable bonds is 6. The fraction of sp³-hybridized carbons (Fsp3) is 0.364. The molecule has 1 amide bonds. The molecule has 1 aliphatic heterocycles. The van der Waals surface area contributed by atoms with Gasteiger partial charge >= 0.3 is 0 Å². The zero-order valence-electron chi connectivity index (χ0n) is 17.7. The summed E-state index contributed by atoms with van der Waals surface area (Å²) in [5.74, 6) is -0.379. The number of nitrogens with one attached hydrogen (secondary N) is 1. The molecule has 0 saturated heterocycles. The Labute approximate surface area is 184 Å². The van der Waals surface area contributed by atoms with Gasteiger partial charge in [0.2, 0.25) is 5.78 Å². The van der Waals surface area contributed by atoms with Gasteiger partial charge < -0.3 is 19.9 Å². The molecule has 1 aromatic carbocycles. The van der Waals surface area contributed by atoms with Gasteiger partial charge in [0.1, 0.15) is 16.3 Å². The minimum absolute atomic E-state index is 0.0467. The van der Waals surface area contributed by atoms with Crippen molar-refractivity contribution < 1.29 is 19.1 Å². The Morgan fingerprint density at radius 3 is 2.87 bits per heavy atom. The lowest BCUT2D eigenvalue weighted by Gasteiger charge is -2.30. The highest BCUT2D eigenvalue weighted by molar-refractivity contribution is 7.16. The van der Waals surface area contributed by atoms with E-state index < -0.39 is 0 Å². The molecular formula is C22H24N4O4S. The number of hydrogen-bond acceptors (Lipinski definition) is 8. The minimum Gasteiger partial charge on any atom is -0.495 e. The summed E-state index contributed by atoms with van der Waals surface area (Å²) in [6.45, 7) is 1.75. The van der Waals surface area contributed by atoms with Crippen LogP contribution in [0, 0.1) is 0 Å². The number of carbonyl (C=O) groups is 3. The van der Waals surface area contributed by atoms with Crippen molar-refractivity contribution in [3.8, 4) is 5.75 Å². The van der Waals surface area contributed by atoms with Crippen LogP contribution in [-0.2, 0) is 6.42 Å². The van der Waals surface area contributed by atoms with Crippen molar-refractivity contribution in [2.24, 2.45) is 0 Å². The number of aromatic nitrogens is 1. The number of ether oxygens (including phenoxy) is 1. The quantitative estimate of drug-likeness (QED) is 0.736. The summed E-state index contributed by atoms with van der Waals surface area (Å²) in [7, 11) is 5.42. The number of thiazole rings is 1. The number of Topliss-reactive ketones (excluding diaryl/α,β-unsaturated/α-hetero) is 1. The standard InChI is InChI=1S/C22H24N4O4S/c1-25(2)11-9-23-14-12-15(27)20-17(19(14)28)24-21(31-20)22(29)26-10-5-7-13-6-4-8-16(30-3)18(13)26/h4,6,8,12,23H,5,7,9-11H2,1-3H3. The number of methoxy groups -OCH3 is 1. The first-order valence-electron chi connectivity index (χ1n) is 10.1. The monoisotopic (exact) mass is 440 g/mol. The van der Waals surface area contributed by atoms with Crippen LogP contribution in [0.1, 0.15) is 41.9 Å². The molecule has 0 atom stereocenters. The summed E-state index contributed by atoms with van der Waals surface area (Å²) in [6.07, 6.45) is 2.97. The first-order chi connectivity index (χ1) is 14.9. The average Bonchev–Trinajstić information content (AvgIpc) is 3.22. The van der Waals surface area contributed by atoms with Gasteiger partial charge in [0.25, 0.3) is 5.91 Å². The van der Waals surface area contributed by atoms with Crippen LogP contribution in [0.2, 0.25) is 0 Å². The largest absolute Gasteiger partial charge is 0.495 e. The highest BCUT2D eigenvalue weighted by Crippen LogP contribution is 2.37. The molecule has 0 spiro atoms. The van der Waals surface area contributed by atoms with E-state index in [1.54, 1.807) is 12.0 Å². The predicted octanol–water partition coefficient (Wildman–Crippen LogP) is 2.16. The Kier molecular flexibility index (Phi) is 5.88. The van der Waals surface area contributed by atoms with E-state index in [1.807, 2.05) is 37.2 Å². The van der Waals surface area contributed by atoms with Crippen LogP contribution in [0.5, 0.6) is 5.75 Å². The van der Waals surface area contributed by atoms with Crippen LogP contribution in [-0.4, -0.2) is 68.2 Å². The van der Waals surface area contributed by atoms with Crippen molar-refractivity contribution in [2.45, 2.75) is 12.8 Å². The lowest BCUT2D eigenvalue weighted by atomic mass is 10.0. The topological polar surface area (TPSA) is 91.8 Å². The molecule has 0 fully saturated rings. The maximum atomic E-state index is 13.3. The lowest BCUT2D eigenvalue weighted by Crippen LogP contribution is -2.36. The highest BCUT2D eigenvalue weighted by atomic mass is 32.1.